The molecule has 0 aromatic heterocycles. The molecule has 0 heterocycles. The highest BCUT2D eigenvalue weighted by Crippen LogP contribution is 2.47. The van der Waals surface area contributed by atoms with Crippen molar-refractivity contribution in [1.29, 1.82) is 0 Å². The third-order valence-corrected chi connectivity index (χ3v) is 5.42. The molecular formula is C11H17N3O2S2. The summed E-state index contributed by atoms with van der Waals surface area (Å²) >= 11 is 1.83. The summed E-state index contributed by atoms with van der Waals surface area (Å²) in [6.45, 7) is 0.807. The van der Waals surface area contributed by atoms with Gasteiger partial charge in [0.1, 0.15) is 0 Å². The number of thioether (sulfide) groups is 1. The summed E-state index contributed by atoms with van der Waals surface area (Å²) in [7, 11) is -3.72. The van der Waals surface area contributed by atoms with Gasteiger partial charge < -0.3 is 11.1 Å². The minimum absolute atomic E-state index is 0.0407. The van der Waals surface area contributed by atoms with E-state index in [2.05, 4.69) is 11.6 Å². The molecular weight excluding hydrogens is 270 g/mol. The maximum Gasteiger partial charge on any atom is 0.238 e. The fraction of sp³-hybridized carbons (Fsp3) is 0.455. The van der Waals surface area contributed by atoms with Crippen LogP contribution in [-0.4, -0.2) is 26.0 Å². The molecule has 0 amide bonds. The van der Waals surface area contributed by atoms with E-state index >= 15 is 0 Å². The van der Waals surface area contributed by atoms with E-state index in [9.17, 15) is 8.42 Å². The third kappa shape index (κ3) is 3.09. The Bertz CT molecular complexity index is 553. The van der Waals surface area contributed by atoms with Gasteiger partial charge in [-0.1, -0.05) is 0 Å². The summed E-state index contributed by atoms with van der Waals surface area (Å²) in [5, 5.41) is 8.33. The predicted molar refractivity (Wildman–Crippen MR) is 76.2 cm³/mol. The molecule has 5 N–H and O–H groups in total. The standard InChI is InChI=1S/C11H17N3O2S2/c1-17-11(2-3-11)7-14-9-4-8(12)5-10(6-9)18(13,15)16/h4-6,14H,2-3,7,12H2,1H3,(H2,13,15,16). The van der Waals surface area contributed by atoms with Gasteiger partial charge >= 0.3 is 0 Å². The fourth-order valence-corrected chi connectivity index (χ4v) is 3.06. The molecule has 0 aliphatic heterocycles. The molecule has 0 atom stereocenters. The van der Waals surface area contributed by atoms with Crippen LogP contribution in [0.15, 0.2) is 23.1 Å². The van der Waals surface area contributed by atoms with Crippen molar-refractivity contribution in [2.75, 3.05) is 23.9 Å². The molecule has 18 heavy (non-hydrogen) atoms. The van der Waals surface area contributed by atoms with E-state index in [-0.39, 0.29) is 4.90 Å². The van der Waals surface area contributed by atoms with Crippen LogP contribution in [0.3, 0.4) is 0 Å². The smallest absolute Gasteiger partial charge is 0.238 e. The number of anilines is 2. The maximum atomic E-state index is 11.3. The van der Waals surface area contributed by atoms with Gasteiger partial charge in [0, 0.05) is 22.7 Å². The summed E-state index contributed by atoms with van der Waals surface area (Å²) in [4.78, 5) is 0.0407. The van der Waals surface area contributed by atoms with Crippen molar-refractivity contribution < 1.29 is 8.42 Å². The van der Waals surface area contributed by atoms with Crippen LogP contribution in [0.5, 0.6) is 0 Å². The second kappa shape index (κ2) is 4.64. The summed E-state index contributed by atoms with van der Waals surface area (Å²) in [6.07, 6.45) is 4.46. The Hall–Kier alpha value is -0.920. The summed E-state index contributed by atoms with van der Waals surface area (Å²) in [5.41, 5.74) is 6.76. The van der Waals surface area contributed by atoms with Gasteiger partial charge in [-0.15, -0.1) is 0 Å². The van der Waals surface area contributed by atoms with Gasteiger partial charge in [-0.2, -0.15) is 11.8 Å². The Morgan fingerprint density at radius 2 is 2.06 bits per heavy atom. The van der Waals surface area contributed by atoms with Crippen molar-refractivity contribution in [3.63, 3.8) is 0 Å². The van der Waals surface area contributed by atoms with Crippen LogP contribution in [0.2, 0.25) is 0 Å². The van der Waals surface area contributed by atoms with Crippen LogP contribution < -0.4 is 16.2 Å². The lowest BCUT2D eigenvalue weighted by atomic mass is 10.2. The zero-order chi connectivity index (χ0) is 13.4. The number of nitrogens with two attached hydrogens (primary N) is 2. The highest BCUT2D eigenvalue weighted by molar-refractivity contribution is 8.00. The number of sulfonamides is 1. The monoisotopic (exact) mass is 287 g/mol. The van der Waals surface area contributed by atoms with E-state index in [4.69, 9.17) is 10.9 Å². The van der Waals surface area contributed by atoms with E-state index in [1.54, 1.807) is 6.07 Å². The Labute approximate surface area is 111 Å². The number of nitrogens with one attached hydrogen (secondary N) is 1. The van der Waals surface area contributed by atoms with Crippen LogP contribution >= 0.6 is 11.8 Å². The van der Waals surface area contributed by atoms with Gasteiger partial charge in [0.25, 0.3) is 0 Å². The number of hydrogen-bond donors (Lipinski definition) is 3. The first-order chi connectivity index (χ1) is 8.35. The van der Waals surface area contributed by atoms with Crippen molar-refractivity contribution in [2.45, 2.75) is 22.5 Å². The van der Waals surface area contributed by atoms with Gasteiger partial charge in [0.05, 0.1) is 4.90 Å². The molecule has 0 unspecified atom stereocenters. The van der Waals surface area contributed by atoms with E-state index in [0.717, 1.165) is 6.54 Å². The minimum atomic E-state index is -3.72. The lowest BCUT2D eigenvalue weighted by molar-refractivity contribution is 0.598. The first-order valence-corrected chi connectivity index (χ1v) is 8.34. The number of rotatable bonds is 5. The van der Waals surface area contributed by atoms with Crippen LogP contribution in [0.25, 0.3) is 0 Å². The van der Waals surface area contributed by atoms with E-state index in [0.29, 0.717) is 16.1 Å². The second-order valence-corrected chi connectivity index (χ2v) is 7.41. The Balaban J connectivity index is 2.16. The summed E-state index contributed by atoms with van der Waals surface area (Å²) in [6, 6.07) is 4.59. The van der Waals surface area contributed by atoms with Crippen molar-refractivity contribution in [3.05, 3.63) is 18.2 Å². The molecule has 1 aromatic carbocycles. The quantitative estimate of drug-likeness (QED) is 0.707. The molecule has 0 bridgehead atoms. The Morgan fingerprint density at radius 1 is 1.39 bits per heavy atom. The van der Waals surface area contributed by atoms with Gasteiger partial charge in [0.2, 0.25) is 10.0 Å². The molecule has 0 saturated heterocycles. The lowest BCUT2D eigenvalue weighted by Crippen LogP contribution is -2.18. The first kappa shape index (κ1) is 13.5. The van der Waals surface area contributed by atoms with Crippen molar-refractivity contribution >= 4 is 33.2 Å². The van der Waals surface area contributed by atoms with Gasteiger partial charge in [-0.05, 0) is 37.3 Å². The molecule has 1 aliphatic rings. The molecule has 0 radical (unpaired) electrons. The Morgan fingerprint density at radius 3 is 2.56 bits per heavy atom. The largest absolute Gasteiger partial charge is 0.399 e. The molecule has 7 heteroatoms. The molecule has 2 rings (SSSR count). The number of hydrogen-bond acceptors (Lipinski definition) is 5. The fourth-order valence-electron chi connectivity index (χ4n) is 1.74. The van der Waals surface area contributed by atoms with Crippen molar-refractivity contribution in [1.82, 2.24) is 0 Å². The highest BCUT2D eigenvalue weighted by Gasteiger charge is 2.41. The average molecular weight is 287 g/mol. The van der Waals surface area contributed by atoms with Crippen LogP contribution in [0, 0.1) is 0 Å². The van der Waals surface area contributed by atoms with Gasteiger partial charge in [-0.3, -0.25) is 0 Å². The van der Waals surface area contributed by atoms with Crippen LogP contribution in [0.1, 0.15) is 12.8 Å². The zero-order valence-electron chi connectivity index (χ0n) is 10.1. The highest BCUT2D eigenvalue weighted by atomic mass is 32.2. The summed E-state index contributed by atoms with van der Waals surface area (Å²) in [5.74, 6) is 0. The van der Waals surface area contributed by atoms with E-state index < -0.39 is 10.0 Å². The number of primary sulfonamides is 1. The van der Waals surface area contributed by atoms with E-state index in [1.807, 2.05) is 11.8 Å². The van der Waals surface area contributed by atoms with Crippen molar-refractivity contribution in [3.8, 4) is 0 Å². The number of nitrogen functional groups attached to an aromatic ring is 1. The normalized spacial score (nSPS) is 17.4. The number of benzene rings is 1. The van der Waals surface area contributed by atoms with Gasteiger partial charge in [0.15, 0.2) is 0 Å². The molecule has 1 saturated carbocycles. The van der Waals surface area contributed by atoms with Crippen LogP contribution in [-0.2, 0) is 10.0 Å². The molecule has 5 nitrogen and oxygen atoms in total. The minimum Gasteiger partial charge on any atom is -0.399 e. The molecule has 1 aromatic rings. The van der Waals surface area contributed by atoms with Crippen molar-refractivity contribution in [2.24, 2.45) is 5.14 Å². The molecule has 1 fully saturated rings. The maximum absolute atomic E-state index is 11.3. The molecule has 1 aliphatic carbocycles. The molecule has 0 spiro atoms. The van der Waals surface area contributed by atoms with E-state index in [1.165, 1.54) is 25.0 Å². The first-order valence-electron chi connectivity index (χ1n) is 5.57. The predicted octanol–water partition coefficient (Wildman–Crippen LogP) is 1.22. The Kier molecular flexibility index (Phi) is 3.48. The molecule has 100 valence electrons. The lowest BCUT2D eigenvalue weighted by Gasteiger charge is -2.15. The zero-order valence-corrected chi connectivity index (χ0v) is 11.8. The van der Waals surface area contributed by atoms with Crippen LogP contribution in [0.4, 0.5) is 11.4 Å². The summed E-state index contributed by atoms with van der Waals surface area (Å²) < 4.78 is 22.9. The average Bonchev–Trinajstić information content (AvgIpc) is 3.05. The second-order valence-electron chi connectivity index (χ2n) is 4.58. The van der Waals surface area contributed by atoms with Gasteiger partial charge in [-0.25, -0.2) is 13.6 Å². The topological polar surface area (TPSA) is 98.2 Å². The SMILES string of the molecule is CSC1(CNc2cc(N)cc(S(N)(=O)=O)c2)CC1. The third-order valence-electron chi connectivity index (χ3n) is 3.11.